The zero-order chi connectivity index (χ0) is 17.5. The third-order valence-electron chi connectivity index (χ3n) is 4.28. The first-order valence-electron chi connectivity index (χ1n) is 8.46. The number of amides is 1. The number of primary amides is 1. The van der Waals surface area contributed by atoms with Gasteiger partial charge in [0.15, 0.2) is 5.75 Å². The Hall–Kier alpha value is -2.60. The van der Waals surface area contributed by atoms with Crippen molar-refractivity contribution >= 4 is 11.8 Å². The van der Waals surface area contributed by atoms with E-state index in [9.17, 15) is 4.79 Å². The Morgan fingerprint density at radius 3 is 2.68 bits per heavy atom. The number of para-hydroxylation sites is 2. The van der Waals surface area contributed by atoms with Gasteiger partial charge in [-0.25, -0.2) is 4.79 Å². The predicted molar refractivity (Wildman–Crippen MR) is 97.5 cm³/mol. The summed E-state index contributed by atoms with van der Waals surface area (Å²) in [6, 6.07) is 11.6. The van der Waals surface area contributed by atoms with E-state index in [1.807, 2.05) is 30.5 Å². The van der Waals surface area contributed by atoms with Crippen molar-refractivity contribution in [2.75, 3.05) is 37.6 Å². The lowest BCUT2D eigenvalue weighted by atomic mass is 10.1. The van der Waals surface area contributed by atoms with E-state index in [1.54, 1.807) is 12.3 Å². The van der Waals surface area contributed by atoms with Gasteiger partial charge in [0.05, 0.1) is 5.69 Å². The zero-order valence-electron chi connectivity index (χ0n) is 14.2. The average molecular weight is 339 g/mol. The van der Waals surface area contributed by atoms with Crippen molar-refractivity contribution in [2.45, 2.75) is 6.42 Å². The number of nitrogens with two attached hydrogens (primary N) is 1. The first kappa shape index (κ1) is 17.2. The normalized spacial score (nSPS) is 15.1. The molecule has 0 unspecified atom stereocenters. The van der Waals surface area contributed by atoms with Gasteiger partial charge in [0.2, 0.25) is 0 Å². The second-order valence-corrected chi connectivity index (χ2v) is 6.03. The van der Waals surface area contributed by atoms with Crippen molar-refractivity contribution in [1.29, 1.82) is 0 Å². The molecule has 0 aliphatic carbocycles. The smallest absolute Gasteiger partial charge is 0.408 e. The van der Waals surface area contributed by atoms with Gasteiger partial charge >= 0.3 is 6.09 Å². The second-order valence-electron chi connectivity index (χ2n) is 6.03. The summed E-state index contributed by atoms with van der Waals surface area (Å²) in [6.45, 7) is 4.67. The molecule has 1 amide bonds. The highest BCUT2D eigenvalue weighted by Crippen LogP contribution is 2.28. The predicted octanol–water partition coefficient (Wildman–Crippen LogP) is 2.11. The van der Waals surface area contributed by atoms with Crippen LogP contribution in [0.25, 0.3) is 0 Å². The van der Waals surface area contributed by atoms with E-state index in [1.165, 1.54) is 5.56 Å². The summed E-state index contributed by atoms with van der Waals surface area (Å²) >= 11 is 0. The Morgan fingerprint density at radius 2 is 1.96 bits per heavy atom. The number of pyridine rings is 1. The standard InChI is InChI=1S/C19H23N4O2/c20-19(24)25-18-8-2-1-7-17(18)23-13-11-22(12-14-23)10-4-6-16-5-3-9-21-15-16/h1-5,7-9,15H,6,10-14H2,(H2,20,24). The molecular weight excluding hydrogens is 316 g/mol. The highest BCUT2D eigenvalue weighted by molar-refractivity contribution is 5.72. The fraction of sp³-hybridized carbons (Fsp3) is 0.316. The Labute approximate surface area is 148 Å². The van der Waals surface area contributed by atoms with Crippen LogP contribution in [0.3, 0.4) is 0 Å². The number of nitrogens with zero attached hydrogens (tertiary/aromatic N) is 3. The molecule has 0 bridgehead atoms. The van der Waals surface area contributed by atoms with Gasteiger partial charge < -0.3 is 15.4 Å². The van der Waals surface area contributed by atoms with Gasteiger partial charge in [-0.2, -0.15) is 0 Å². The molecule has 6 heteroatoms. The molecule has 3 rings (SSSR count). The minimum Gasteiger partial charge on any atom is -0.408 e. The van der Waals surface area contributed by atoms with Crippen LogP contribution in [-0.2, 0) is 6.42 Å². The second kappa shape index (κ2) is 8.48. The fourth-order valence-electron chi connectivity index (χ4n) is 3.02. The van der Waals surface area contributed by atoms with Crippen LogP contribution < -0.4 is 15.4 Å². The molecule has 1 radical (unpaired) electrons. The minimum atomic E-state index is -0.781. The molecular formula is C19H23N4O2. The number of rotatable bonds is 6. The van der Waals surface area contributed by atoms with Gasteiger partial charge in [-0.15, -0.1) is 0 Å². The van der Waals surface area contributed by atoms with E-state index in [-0.39, 0.29) is 0 Å². The van der Waals surface area contributed by atoms with E-state index in [0.717, 1.165) is 44.8 Å². The van der Waals surface area contributed by atoms with Crippen molar-refractivity contribution in [1.82, 2.24) is 9.88 Å². The SMILES string of the molecule is NC(=O)Oc1ccccc1N1CCN(C[CH]Cc2cccnc2)CC1. The first-order valence-corrected chi connectivity index (χ1v) is 8.46. The molecule has 1 aromatic heterocycles. The molecule has 25 heavy (non-hydrogen) atoms. The highest BCUT2D eigenvalue weighted by Gasteiger charge is 2.20. The summed E-state index contributed by atoms with van der Waals surface area (Å²) in [5.41, 5.74) is 7.30. The van der Waals surface area contributed by atoms with Crippen molar-refractivity contribution < 1.29 is 9.53 Å². The lowest BCUT2D eigenvalue weighted by Crippen LogP contribution is -2.47. The molecule has 1 aromatic carbocycles. The Kier molecular flexibility index (Phi) is 5.85. The summed E-state index contributed by atoms with van der Waals surface area (Å²) < 4.78 is 5.11. The summed E-state index contributed by atoms with van der Waals surface area (Å²) in [4.78, 5) is 19.8. The Bertz CT molecular complexity index is 685. The lowest BCUT2D eigenvalue weighted by Gasteiger charge is -2.36. The minimum absolute atomic E-state index is 0.520. The molecule has 6 nitrogen and oxygen atoms in total. The number of carbonyl (C=O) groups excluding carboxylic acids is 1. The molecule has 1 aliphatic rings. The number of aromatic nitrogens is 1. The van der Waals surface area contributed by atoms with E-state index in [0.29, 0.717) is 5.75 Å². The van der Waals surface area contributed by atoms with Crippen LogP contribution >= 0.6 is 0 Å². The quantitative estimate of drug-likeness (QED) is 0.873. The van der Waals surface area contributed by atoms with Crippen LogP contribution in [-0.4, -0.2) is 48.7 Å². The number of piperazine rings is 1. The molecule has 2 N–H and O–H groups in total. The Balaban J connectivity index is 1.48. The highest BCUT2D eigenvalue weighted by atomic mass is 16.5. The molecule has 2 aromatic rings. The van der Waals surface area contributed by atoms with E-state index in [4.69, 9.17) is 10.5 Å². The van der Waals surface area contributed by atoms with Gasteiger partial charge in [-0.1, -0.05) is 18.2 Å². The molecule has 131 valence electrons. The van der Waals surface area contributed by atoms with Crippen LogP contribution in [0, 0.1) is 6.42 Å². The molecule has 0 saturated carbocycles. The van der Waals surface area contributed by atoms with Crippen LogP contribution in [0.4, 0.5) is 10.5 Å². The summed E-state index contributed by atoms with van der Waals surface area (Å²) in [7, 11) is 0. The number of carbonyl (C=O) groups is 1. The van der Waals surface area contributed by atoms with Crippen LogP contribution in [0.2, 0.25) is 0 Å². The van der Waals surface area contributed by atoms with Crippen LogP contribution in [0.5, 0.6) is 5.75 Å². The number of benzene rings is 1. The van der Waals surface area contributed by atoms with Crippen molar-refractivity contribution in [3.8, 4) is 5.75 Å². The van der Waals surface area contributed by atoms with Crippen molar-refractivity contribution in [3.05, 3.63) is 60.8 Å². The molecule has 1 aliphatic heterocycles. The fourth-order valence-corrected chi connectivity index (χ4v) is 3.02. The van der Waals surface area contributed by atoms with Crippen molar-refractivity contribution in [3.63, 3.8) is 0 Å². The number of ether oxygens (including phenoxy) is 1. The largest absolute Gasteiger partial charge is 0.410 e. The third-order valence-corrected chi connectivity index (χ3v) is 4.28. The summed E-state index contributed by atoms with van der Waals surface area (Å²) in [6.07, 6.45) is 6.14. The third kappa shape index (κ3) is 4.93. The Morgan fingerprint density at radius 1 is 1.16 bits per heavy atom. The first-order chi connectivity index (χ1) is 12.2. The number of hydrogen-bond acceptors (Lipinski definition) is 5. The van der Waals surface area contributed by atoms with Crippen molar-refractivity contribution in [2.24, 2.45) is 5.73 Å². The summed E-state index contributed by atoms with van der Waals surface area (Å²) in [5, 5.41) is 0. The van der Waals surface area contributed by atoms with E-state index < -0.39 is 6.09 Å². The maximum Gasteiger partial charge on any atom is 0.410 e. The topological polar surface area (TPSA) is 71.7 Å². The summed E-state index contributed by atoms with van der Waals surface area (Å²) in [5.74, 6) is 0.520. The van der Waals surface area contributed by atoms with Gasteiger partial charge in [-0.3, -0.25) is 9.88 Å². The molecule has 0 spiro atoms. The van der Waals surface area contributed by atoms with Crippen LogP contribution in [0.1, 0.15) is 5.56 Å². The average Bonchev–Trinajstić information content (AvgIpc) is 2.63. The molecule has 1 saturated heterocycles. The molecule has 1 fully saturated rings. The van der Waals surface area contributed by atoms with Gasteiger partial charge in [-0.05, 0) is 36.6 Å². The van der Waals surface area contributed by atoms with E-state index in [2.05, 4.69) is 27.3 Å². The maximum atomic E-state index is 11.1. The number of hydrogen-bond donors (Lipinski definition) is 1. The molecule has 0 atom stereocenters. The molecule has 2 heterocycles. The van der Waals surface area contributed by atoms with Gasteiger partial charge in [0.1, 0.15) is 0 Å². The monoisotopic (exact) mass is 339 g/mol. The van der Waals surface area contributed by atoms with Crippen LogP contribution in [0.15, 0.2) is 48.8 Å². The number of anilines is 1. The van der Waals surface area contributed by atoms with Gasteiger partial charge in [0.25, 0.3) is 0 Å². The zero-order valence-corrected chi connectivity index (χ0v) is 14.2. The lowest BCUT2D eigenvalue weighted by molar-refractivity contribution is 0.210. The van der Waals surface area contributed by atoms with Gasteiger partial charge in [0, 0.05) is 45.1 Å². The maximum absolute atomic E-state index is 11.1. The van der Waals surface area contributed by atoms with E-state index >= 15 is 0 Å².